The van der Waals surface area contributed by atoms with Crippen LogP contribution in [0.3, 0.4) is 0 Å². The molecule has 0 spiro atoms. The van der Waals surface area contributed by atoms with Crippen LogP contribution >= 0.6 is 11.3 Å². The van der Waals surface area contributed by atoms with Gasteiger partial charge in [-0.1, -0.05) is 12.1 Å². The van der Waals surface area contributed by atoms with E-state index in [1.165, 1.54) is 11.3 Å². The van der Waals surface area contributed by atoms with Gasteiger partial charge in [0.15, 0.2) is 0 Å². The summed E-state index contributed by atoms with van der Waals surface area (Å²) in [6, 6.07) is 14.1. The maximum absolute atomic E-state index is 12.6. The average Bonchev–Trinajstić information content (AvgIpc) is 3.43. The molecule has 1 heterocycles. The molecule has 28 heavy (non-hydrogen) atoms. The van der Waals surface area contributed by atoms with Crippen molar-refractivity contribution in [2.75, 3.05) is 10.6 Å². The summed E-state index contributed by atoms with van der Waals surface area (Å²) in [5.41, 5.74) is 4.39. The maximum atomic E-state index is 12.6. The Morgan fingerprint density at radius 1 is 1.07 bits per heavy atom. The minimum absolute atomic E-state index is 0.0356. The van der Waals surface area contributed by atoms with Gasteiger partial charge in [0, 0.05) is 28.2 Å². The summed E-state index contributed by atoms with van der Waals surface area (Å²) >= 11 is 1.51. The first-order valence-corrected chi connectivity index (χ1v) is 9.94. The first kappa shape index (κ1) is 18.2. The number of aromatic nitrogens is 1. The number of amides is 2. The second-order valence-corrected chi connectivity index (χ2v) is 7.31. The Morgan fingerprint density at radius 2 is 1.86 bits per heavy atom. The van der Waals surface area contributed by atoms with E-state index in [0.717, 1.165) is 18.5 Å². The Balaban J connectivity index is 1.39. The van der Waals surface area contributed by atoms with Crippen LogP contribution < -0.4 is 15.4 Å². The highest BCUT2D eigenvalue weighted by Gasteiger charge is 2.29. The molecule has 1 aliphatic rings. The number of carbonyl (C=O) groups is 2. The third-order valence-corrected chi connectivity index (χ3v) is 4.94. The molecule has 6 nitrogen and oxygen atoms in total. The van der Waals surface area contributed by atoms with Gasteiger partial charge in [0.05, 0.1) is 11.2 Å². The Hall–Kier alpha value is -3.19. The Labute approximate surface area is 166 Å². The van der Waals surface area contributed by atoms with E-state index in [-0.39, 0.29) is 17.7 Å². The molecule has 2 N–H and O–H groups in total. The lowest BCUT2D eigenvalue weighted by Crippen LogP contribution is -2.14. The largest absolute Gasteiger partial charge is 0.487 e. The number of hydrogen-bond acceptors (Lipinski definition) is 5. The van der Waals surface area contributed by atoms with Crippen LogP contribution in [-0.2, 0) is 11.4 Å². The van der Waals surface area contributed by atoms with Gasteiger partial charge in [0.1, 0.15) is 12.4 Å². The van der Waals surface area contributed by atoms with Gasteiger partial charge in [-0.2, -0.15) is 0 Å². The van der Waals surface area contributed by atoms with Crippen LogP contribution in [0, 0.1) is 5.92 Å². The van der Waals surface area contributed by atoms with Crippen molar-refractivity contribution in [3.05, 3.63) is 70.7 Å². The summed E-state index contributed by atoms with van der Waals surface area (Å²) in [7, 11) is 0. The van der Waals surface area contributed by atoms with Crippen LogP contribution in [0.5, 0.6) is 5.75 Å². The summed E-state index contributed by atoms with van der Waals surface area (Å²) in [6.07, 6.45) is 1.90. The van der Waals surface area contributed by atoms with Crippen molar-refractivity contribution >= 4 is 34.5 Å². The number of nitrogens with one attached hydrogen (secondary N) is 2. The molecular formula is C21H19N3O3S. The van der Waals surface area contributed by atoms with Gasteiger partial charge in [0.25, 0.3) is 5.91 Å². The Bertz CT molecular complexity index is 984. The molecule has 1 aliphatic carbocycles. The zero-order valence-corrected chi connectivity index (χ0v) is 15.9. The third kappa shape index (κ3) is 4.75. The number of hydrogen-bond donors (Lipinski definition) is 2. The molecule has 0 radical (unpaired) electrons. The van der Waals surface area contributed by atoms with E-state index in [1.54, 1.807) is 48.0 Å². The molecule has 2 aromatic carbocycles. The van der Waals surface area contributed by atoms with Crippen LogP contribution in [0.4, 0.5) is 11.4 Å². The van der Waals surface area contributed by atoms with Crippen molar-refractivity contribution in [3.63, 3.8) is 0 Å². The molecule has 0 aliphatic heterocycles. The van der Waals surface area contributed by atoms with E-state index in [1.807, 2.05) is 11.4 Å². The van der Waals surface area contributed by atoms with Crippen LogP contribution in [0.25, 0.3) is 0 Å². The lowest BCUT2D eigenvalue weighted by Gasteiger charge is -2.10. The van der Waals surface area contributed by atoms with Gasteiger partial charge in [-0.05, 0) is 49.2 Å². The van der Waals surface area contributed by atoms with Crippen LogP contribution in [0.1, 0.15) is 28.9 Å². The van der Waals surface area contributed by atoms with Crippen molar-refractivity contribution < 1.29 is 14.3 Å². The summed E-state index contributed by atoms with van der Waals surface area (Å²) in [4.78, 5) is 28.7. The molecule has 1 fully saturated rings. The van der Waals surface area contributed by atoms with E-state index in [4.69, 9.17) is 4.74 Å². The van der Waals surface area contributed by atoms with Crippen molar-refractivity contribution in [1.29, 1.82) is 0 Å². The number of benzene rings is 2. The van der Waals surface area contributed by atoms with Gasteiger partial charge in [-0.15, -0.1) is 11.3 Å². The highest BCUT2D eigenvalue weighted by molar-refractivity contribution is 7.07. The highest BCUT2D eigenvalue weighted by Crippen LogP contribution is 2.30. The summed E-state index contributed by atoms with van der Waals surface area (Å²) in [6.45, 7) is 0.358. The van der Waals surface area contributed by atoms with Gasteiger partial charge < -0.3 is 15.4 Å². The minimum atomic E-state index is -0.246. The van der Waals surface area contributed by atoms with Crippen LogP contribution in [0.2, 0.25) is 0 Å². The normalized spacial score (nSPS) is 13.0. The van der Waals surface area contributed by atoms with Crippen molar-refractivity contribution in [2.24, 2.45) is 5.92 Å². The summed E-state index contributed by atoms with van der Waals surface area (Å²) in [5, 5.41) is 7.66. The van der Waals surface area contributed by atoms with E-state index < -0.39 is 0 Å². The fourth-order valence-corrected chi connectivity index (χ4v) is 3.20. The number of anilines is 2. The SMILES string of the molecule is O=C(Nc1cccc(NC(=O)C2CC2)c1)c1cccc(OCc2cscn2)c1. The van der Waals surface area contributed by atoms with Gasteiger partial charge in [-0.3, -0.25) is 9.59 Å². The predicted octanol–water partition coefficient (Wildman–Crippen LogP) is 4.32. The first-order chi connectivity index (χ1) is 13.7. The van der Waals surface area contributed by atoms with E-state index >= 15 is 0 Å². The smallest absolute Gasteiger partial charge is 0.255 e. The summed E-state index contributed by atoms with van der Waals surface area (Å²) < 4.78 is 5.70. The minimum Gasteiger partial charge on any atom is -0.487 e. The topological polar surface area (TPSA) is 80.3 Å². The highest BCUT2D eigenvalue weighted by atomic mass is 32.1. The van der Waals surface area contributed by atoms with Crippen molar-refractivity contribution in [2.45, 2.75) is 19.4 Å². The van der Waals surface area contributed by atoms with Gasteiger partial charge in [0.2, 0.25) is 5.91 Å². The summed E-state index contributed by atoms with van der Waals surface area (Å²) in [5.74, 6) is 0.523. The molecule has 1 saturated carbocycles. The molecule has 142 valence electrons. The Morgan fingerprint density at radius 3 is 2.61 bits per heavy atom. The van der Waals surface area contributed by atoms with Crippen LogP contribution in [-0.4, -0.2) is 16.8 Å². The number of ether oxygens (including phenoxy) is 1. The lowest BCUT2D eigenvalue weighted by molar-refractivity contribution is -0.117. The number of rotatable bonds is 7. The maximum Gasteiger partial charge on any atom is 0.255 e. The molecular weight excluding hydrogens is 374 g/mol. The van der Waals surface area contributed by atoms with E-state index in [2.05, 4.69) is 15.6 Å². The fourth-order valence-electron chi connectivity index (χ4n) is 2.66. The van der Waals surface area contributed by atoms with E-state index in [9.17, 15) is 9.59 Å². The molecule has 0 atom stereocenters. The molecule has 0 bridgehead atoms. The molecule has 0 saturated heterocycles. The second-order valence-electron chi connectivity index (χ2n) is 6.59. The fraction of sp³-hybridized carbons (Fsp3) is 0.190. The molecule has 1 aromatic heterocycles. The molecule has 3 aromatic rings. The zero-order valence-electron chi connectivity index (χ0n) is 15.1. The average molecular weight is 393 g/mol. The molecule has 7 heteroatoms. The molecule has 4 rings (SSSR count). The first-order valence-electron chi connectivity index (χ1n) is 8.99. The van der Waals surface area contributed by atoms with E-state index in [0.29, 0.717) is 29.3 Å². The number of nitrogens with zero attached hydrogens (tertiary/aromatic N) is 1. The zero-order chi connectivity index (χ0) is 19.3. The standard InChI is InChI=1S/C21H19N3O3S/c25-20(14-7-8-14)23-16-4-2-5-17(10-16)24-21(26)15-3-1-6-19(9-15)27-11-18-12-28-13-22-18/h1-6,9-10,12-14H,7-8,11H2,(H,23,25)(H,24,26). The predicted molar refractivity (Wildman–Crippen MR) is 109 cm³/mol. The van der Waals surface area contributed by atoms with Crippen molar-refractivity contribution in [1.82, 2.24) is 4.98 Å². The number of thiazole rings is 1. The van der Waals surface area contributed by atoms with Gasteiger partial charge in [-0.25, -0.2) is 4.98 Å². The third-order valence-electron chi connectivity index (χ3n) is 4.30. The monoisotopic (exact) mass is 393 g/mol. The molecule has 2 amide bonds. The lowest BCUT2D eigenvalue weighted by atomic mass is 10.2. The quantitative estimate of drug-likeness (QED) is 0.626. The Kier molecular flexibility index (Phi) is 5.34. The van der Waals surface area contributed by atoms with Crippen molar-refractivity contribution in [3.8, 4) is 5.75 Å². The number of carbonyl (C=O) groups excluding carboxylic acids is 2. The van der Waals surface area contributed by atoms with Gasteiger partial charge >= 0.3 is 0 Å². The molecule has 0 unspecified atom stereocenters. The van der Waals surface area contributed by atoms with Crippen LogP contribution in [0.15, 0.2) is 59.4 Å². The second kappa shape index (κ2) is 8.22.